The van der Waals surface area contributed by atoms with Crippen LogP contribution >= 0.6 is 0 Å². The van der Waals surface area contributed by atoms with Gasteiger partial charge in [0.2, 0.25) is 0 Å². The second kappa shape index (κ2) is 8.97. The Morgan fingerprint density at radius 3 is 1.94 bits per heavy atom. The highest BCUT2D eigenvalue weighted by atomic mass is 16.5. The van der Waals surface area contributed by atoms with Crippen molar-refractivity contribution in [3.8, 4) is 23.0 Å². The van der Waals surface area contributed by atoms with E-state index in [0.29, 0.717) is 47.2 Å². The Hall–Kier alpha value is -4.44. The number of methoxy groups -OCH3 is 4. The predicted octanol–water partition coefficient (Wildman–Crippen LogP) is 2.68. The van der Waals surface area contributed by atoms with E-state index in [1.807, 2.05) is 16.8 Å². The van der Waals surface area contributed by atoms with Crippen LogP contribution in [0.1, 0.15) is 11.1 Å². The topological polar surface area (TPSA) is 130 Å². The number of hydrogen-bond donors (Lipinski definition) is 3. The van der Waals surface area contributed by atoms with Crippen LogP contribution in [0.5, 0.6) is 23.0 Å². The van der Waals surface area contributed by atoms with Crippen molar-refractivity contribution in [1.29, 1.82) is 0 Å². The first-order valence-electron chi connectivity index (χ1n) is 11.2. The number of H-pyrrole nitrogens is 1. The summed E-state index contributed by atoms with van der Waals surface area (Å²) in [5.74, 6) is 1.15. The van der Waals surface area contributed by atoms with E-state index < -0.39 is 11.8 Å². The SMILES string of the molecule is COc1cc2[nH]cc(C3=C(c4cn(CCN)c5cc(OC)c(OC)cc45)C(=O)NC3=O)c2cc1OC. The first-order chi connectivity index (χ1) is 17.4. The van der Waals surface area contributed by atoms with Gasteiger partial charge in [-0.05, 0) is 12.1 Å². The number of amides is 2. The molecule has 4 aromatic rings. The summed E-state index contributed by atoms with van der Waals surface area (Å²) in [5, 5.41) is 3.92. The highest BCUT2D eigenvalue weighted by Gasteiger charge is 2.35. The van der Waals surface area contributed by atoms with Crippen molar-refractivity contribution in [3.63, 3.8) is 0 Å². The van der Waals surface area contributed by atoms with Crippen LogP contribution in [0.25, 0.3) is 33.0 Å². The molecular formula is C26H26N4O6. The zero-order chi connectivity index (χ0) is 25.6. The Morgan fingerprint density at radius 2 is 1.33 bits per heavy atom. The Labute approximate surface area is 206 Å². The largest absolute Gasteiger partial charge is 0.493 e. The van der Waals surface area contributed by atoms with Gasteiger partial charge in [-0.2, -0.15) is 0 Å². The van der Waals surface area contributed by atoms with Gasteiger partial charge >= 0.3 is 0 Å². The van der Waals surface area contributed by atoms with Crippen molar-refractivity contribution in [1.82, 2.24) is 14.9 Å². The summed E-state index contributed by atoms with van der Waals surface area (Å²) >= 11 is 0. The minimum Gasteiger partial charge on any atom is -0.493 e. The average Bonchev–Trinajstić information content (AvgIpc) is 3.54. The molecule has 0 atom stereocenters. The van der Waals surface area contributed by atoms with Crippen molar-refractivity contribution in [3.05, 3.63) is 47.8 Å². The number of carbonyl (C=O) groups excluding carboxylic acids is 2. The molecule has 0 aliphatic carbocycles. The van der Waals surface area contributed by atoms with E-state index in [2.05, 4.69) is 10.3 Å². The Morgan fingerprint density at radius 1 is 0.778 bits per heavy atom. The van der Waals surface area contributed by atoms with E-state index >= 15 is 0 Å². The number of aromatic amines is 1. The average molecular weight is 491 g/mol. The number of imide groups is 1. The van der Waals surface area contributed by atoms with Crippen molar-refractivity contribution in [2.75, 3.05) is 35.0 Å². The van der Waals surface area contributed by atoms with E-state index in [-0.39, 0.29) is 11.1 Å². The van der Waals surface area contributed by atoms with Gasteiger partial charge in [0.1, 0.15) is 0 Å². The van der Waals surface area contributed by atoms with Gasteiger partial charge in [-0.1, -0.05) is 0 Å². The number of nitrogens with two attached hydrogens (primary N) is 1. The van der Waals surface area contributed by atoms with E-state index in [9.17, 15) is 9.59 Å². The van der Waals surface area contributed by atoms with Crippen LogP contribution in [0.3, 0.4) is 0 Å². The molecule has 3 heterocycles. The lowest BCUT2D eigenvalue weighted by atomic mass is 9.95. The van der Waals surface area contributed by atoms with Gasteiger partial charge < -0.3 is 34.2 Å². The number of carbonyl (C=O) groups is 2. The molecule has 0 fully saturated rings. The molecule has 1 aliphatic rings. The molecular weight excluding hydrogens is 464 g/mol. The van der Waals surface area contributed by atoms with Crippen LogP contribution in [0.4, 0.5) is 0 Å². The van der Waals surface area contributed by atoms with Crippen LogP contribution in [-0.4, -0.2) is 56.3 Å². The summed E-state index contributed by atoms with van der Waals surface area (Å²) in [6, 6.07) is 7.22. The summed E-state index contributed by atoms with van der Waals surface area (Å²) in [5.41, 5.74) is 9.09. The van der Waals surface area contributed by atoms with Crippen LogP contribution in [0.15, 0.2) is 36.7 Å². The molecule has 1 aliphatic heterocycles. The summed E-state index contributed by atoms with van der Waals surface area (Å²) in [6.07, 6.45) is 3.54. The fourth-order valence-electron chi connectivity index (χ4n) is 4.76. The highest BCUT2D eigenvalue weighted by molar-refractivity contribution is 6.50. The van der Waals surface area contributed by atoms with Gasteiger partial charge in [-0.15, -0.1) is 0 Å². The lowest BCUT2D eigenvalue weighted by Crippen LogP contribution is -2.22. The Kier molecular flexibility index (Phi) is 5.81. The zero-order valence-corrected chi connectivity index (χ0v) is 20.4. The summed E-state index contributed by atoms with van der Waals surface area (Å²) in [7, 11) is 6.20. The van der Waals surface area contributed by atoms with Crippen molar-refractivity contribution < 1.29 is 28.5 Å². The van der Waals surface area contributed by atoms with Crippen LogP contribution < -0.4 is 30.0 Å². The summed E-state index contributed by atoms with van der Waals surface area (Å²) in [4.78, 5) is 29.5. The monoisotopic (exact) mass is 490 g/mol. The maximum atomic E-state index is 13.2. The van der Waals surface area contributed by atoms with Gasteiger partial charge in [0, 0.05) is 65.0 Å². The molecule has 0 saturated carbocycles. The van der Waals surface area contributed by atoms with Crippen molar-refractivity contribution in [2.24, 2.45) is 5.73 Å². The molecule has 0 bridgehead atoms. The minimum absolute atomic E-state index is 0.264. The number of hydrogen-bond acceptors (Lipinski definition) is 7. The number of benzene rings is 2. The number of fused-ring (bicyclic) bond motifs is 2. The number of aromatic nitrogens is 2. The van der Waals surface area contributed by atoms with Crippen molar-refractivity contribution in [2.45, 2.75) is 6.54 Å². The first kappa shape index (κ1) is 23.3. The maximum absolute atomic E-state index is 13.2. The lowest BCUT2D eigenvalue weighted by molar-refractivity contribution is -0.122. The predicted molar refractivity (Wildman–Crippen MR) is 135 cm³/mol. The van der Waals surface area contributed by atoms with Crippen LogP contribution in [0, 0.1) is 0 Å². The first-order valence-corrected chi connectivity index (χ1v) is 11.2. The fraction of sp³-hybridized carbons (Fsp3) is 0.231. The molecule has 36 heavy (non-hydrogen) atoms. The minimum atomic E-state index is -0.481. The molecule has 0 spiro atoms. The summed E-state index contributed by atoms with van der Waals surface area (Å²) in [6.45, 7) is 0.896. The number of nitrogens with one attached hydrogen (secondary N) is 2. The van der Waals surface area contributed by atoms with Gasteiger partial charge in [0.15, 0.2) is 23.0 Å². The Balaban J connectivity index is 1.82. The van der Waals surface area contributed by atoms with Gasteiger partial charge in [-0.3, -0.25) is 14.9 Å². The maximum Gasteiger partial charge on any atom is 0.259 e. The molecule has 0 radical (unpaired) electrons. The molecule has 4 N–H and O–H groups in total. The van der Waals surface area contributed by atoms with E-state index in [4.69, 9.17) is 24.7 Å². The Bertz CT molecular complexity index is 1560. The van der Waals surface area contributed by atoms with Gasteiger partial charge in [0.05, 0.1) is 45.1 Å². The summed E-state index contributed by atoms with van der Waals surface area (Å²) < 4.78 is 23.8. The smallest absolute Gasteiger partial charge is 0.259 e. The molecule has 10 heteroatoms. The highest BCUT2D eigenvalue weighted by Crippen LogP contribution is 2.42. The number of rotatable bonds is 8. The number of ether oxygens (including phenoxy) is 4. The molecule has 2 aromatic carbocycles. The number of nitrogens with zero attached hydrogens (tertiary/aromatic N) is 1. The molecule has 0 saturated heterocycles. The molecule has 0 unspecified atom stereocenters. The second-order valence-corrected chi connectivity index (χ2v) is 8.24. The second-order valence-electron chi connectivity index (χ2n) is 8.24. The van der Waals surface area contributed by atoms with Gasteiger partial charge in [0.25, 0.3) is 11.8 Å². The third kappa shape index (κ3) is 3.45. The van der Waals surface area contributed by atoms with E-state index in [0.717, 1.165) is 21.8 Å². The van der Waals surface area contributed by atoms with E-state index in [1.165, 1.54) is 0 Å². The standard InChI is InChI=1S/C26H26N4O6/c1-33-19-7-13-15(11-28-17(13)9-21(19)35-3)23-24(26(32)29-25(23)31)16-12-30(6-5-27)18-10-22(36-4)20(34-2)8-14(16)18/h7-12,28H,5-6,27H2,1-4H3,(H,29,31,32). The molecule has 5 rings (SSSR count). The molecule has 2 amide bonds. The molecule has 186 valence electrons. The lowest BCUT2D eigenvalue weighted by Gasteiger charge is -2.10. The third-order valence-electron chi connectivity index (χ3n) is 6.41. The van der Waals surface area contributed by atoms with E-state index in [1.54, 1.807) is 52.8 Å². The van der Waals surface area contributed by atoms with Crippen molar-refractivity contribution >= 4 is 44.8 Å². The quantitative estimate of drug-likeness (QED) is 0.324. The zero-order valence-electron chi connectivity index (χ0n) is 20.4. The molecule has 10 nitrogen and oxygen atoms in total. The molecule has 2 aromatic heterocycles. The third-order valence-corrected chi connectivity index (χ3v) is 6.41. The normalized spacial score (nSPS) is 13.6. The van der Waals surface area contributed by atoms with Crippen LogP contribution in [-0.2, 0) is 16.1 Å². The van der Waals surface area contributed by atoms with Gasteiger partial charge in [-0.25, -0.2) is 0 Å². The van der Waals surface area contributed by atoms with Crippen LogP contribution in [0.2, 0.25) is 0 Å². The fourth-order valence-corrected chi connectivity index (χ4v) is 4.76.